The number of carbonyl (C=O) groups is 1. The second kappa shape index (κ2) is 5.44. The van der Waals surface area contributed by atoms with Gasteiger partial charge in [-0.2, -0.15) is 0 Å². The number of rotatable bonds is 4. The second-order valence-corrected chi connectivity index (χ2v) is 4.90. The minimum absolute atomic E-state index is 0.482. The molecule has 1 fully saturated rings. The number of hydrogen-bond acceptors (Lipinski definition) is 4. The Morgan fingerprint density at radius 3 is 2.78 bits per heavy atom. The molecular formula is C13H19N3O2. The first-order valence-electron chi connectivity index (χ1n) is 6.39. The van der Waals surface area contributed by atoms with Crippen LogP contribution in [0.5, 0.6) is 0 Å². The lowest BCUT2D eigenvalue weighted by atomic mass is 9.81. The van der Waals surface area contributed by atoms with Crippen molar-refractivity contribution in [1.82, 2.24) is 15.3 Å². The summed E-state index contributed by atoms with van der Waals surface area (Å²) >= 11 is 0. The fraction of sp³-hybridized carbons (Fsp3) is 0.615. The van der Waals surface area contributed by atoms with Crippen molar-refractivity contribution in [2.75, 3.05) is 0 Å². The summed E-state index contributed by atoms with van der Waals surface area (Å²) in [5, 5.41) is 12.6. The molecule has 2 rings (SSSR count). The Bertz CT molecular complexity index is 428. The lowest BCUT2D eigenvalue weighted by Crippen LogP contribution is -2.53. The summed E-state index contributed by atoms with van der Waals surface area (Å²) in [4.78, 5) is 19.8. The number of nitrogens with one attached hydrogen (secondary N) is 1. The third-order valence-electron chi connectivity index (χ3n) is 3.56. The number of carboxylic acid groups (broad SMARTS) is 1. The van der Waals surface area contributed by atoms with Crippen LogP contribution in [0.3, 0.4) is 0 Å². The van der Waals surface area contributed by atoms with Crippen molar-refractivity contribution in [2.24, 2.45) is 0 Å². The molecule has 0 unspecified atom stereocenters. The van der Waals surface area contributed by atoms with Gasteiger partial charge in [-0.15, -0.1) is 0 Å². The molecule has 0 aromatic carbocycles. The lowest BCUT2D eigenvalue weighted by Gasteiger charge is -2.34. The number of hydrogen-bond donors (Lipinski definition) is 2. The van der Waals surface area contributed by atoms with Crippen LogP contribution >= 0.6 is 0 Å². The summed E-state index contributed by atoms with van der Waals surface area (Å²) in [6.45, 7) is 2.31. The Balaban J connectivity index is 2.04. The third-order valence-corrected chi connectivity index (χ3v) is 3.56. The van der Waals surface area contributed by atoms with Gasteiger partial charge < -0.3 is 5.11 Å². The summed E-state index contributed by atoms with van der Waals surface area (Å²) in [5.41, 5.74) is 0.0746. The summed E-state index contributed by atoms with van der Waals surface area (Å²) in [5.74, 6) is -0.0321. The molecule has 1 aliphatic rings. The molecule has 1 aliphatic carbocycles. The van der Waals surface area contributed by atoms with Crippen LogP contribution in [0.4, 0.5) is 0 Å². The Hall–Kier alpha value is -1.49. The van der Waals surface area contributed by atoms with Crippen LogP contribution in [-0.2, 0) is 11.3 Å². The molecule has 5 heteroatoms. The largest absolute Gasteiger partial charge is 0.480 e. The molecule has 1 aromatic heterocycles. The van der Waals surface area contributed by atoms with Gasteiger partial charge >= 0.3 is 5.97 Å². The Kier molecular flexibility index (Phi) is 3.91. The van der Waals surface area contributed by atoms with E-state index in [1.54, 1.807) is 6.20 Å². The van der Waals surface area contributed by atoms with Crippen LogP contribution < -0.4 is 5.32 Å². The van der Waals surface area contributed by atoms with Gasteiger partial charge in [-0.1, -0.05) is 19.3 Å². The standard InChI is InChI=1S/C13H19N3O2/c1-10-14-8-5-11(16-10)9-15-13(12(17)18)6-3-2-4-7-13/h5,8,15H,2-4,6-7,9H2,1H3,(H,17,18). The quantitative estimate of drug-likeness (QED) is 0.848. The summed E-state index contributed by atoms with van der Waals surface area (Å²) in [6, 6.07) is 1.82. The predicted molar refractivity (Wildman–Crippen MR) is 67.1 cm³/mol. The van der Waals surface area contributed by atoms with E-state index in [9.17, 15) is 9.90 Å². The van der Waals surface area contributed by atoms with Crippen molar-refractivity contribution < 1.29 is 9.90 Å². The van der Waals surface area contributed by atoms with Crippen molar-refractivity contribution >= 4 is 5.97 Å². The molecule has 2 N–H and O–H groups in total. The van der Waals surface area contributed by atoms with E-state index in [4.69, 9.17) is 0 Å². The fourth-order valence-electron chi connectivity index (χ4n) is 2.48. The topological polar surface area (TPSA) is 75.1 Å². The number of aromatic nitrogens is 2. The smallest absolute Gasteiger partial charge is 0.323 e. The van der Waals surface area contributed by atoms with Crippen molar-refractivity contribution in [3.05, 3.63) is 23.8 Å². The maximum Gasteiger partial charge on any atom is 0.323 e. The van der Waals surface area contributed by atoms with E-state index in [2.05, 4.69) is 15.3 Å². The van der Waals surface area contributed by atoms with Gasteiger partial charge in [0.15, 0.2) is 0 Å². The highest BCUT2D eigenvalue weighted by Crippen LogP contribution is 2.28. The summed E-state index contributed by atoms with van der Waals surface area (Å²) in [7, 11) is 0. The van der Waals surface area contributed by atoms with E-state index in [0.29, 0.717) is 25.2 Å². The lowest BCUT2D eigenvalue weighted by molar-refractivity contribution is -0.146. The van der Waals surface area contributed by atoms with Crippen LogP contribution in [0.15, 0.2) is 12.3 Å². The van der Waals surface area contributed by atoms with Crippen LogP contribution in [0.1, 0.15) is 43.6 Å². The van der Waals surface area contributed by atoms with Gasteiger partial charge in [0.25, 0.3) is 0 Å². The number of aryl methyl sites for hydroxylation is 1. The third kappa shape index (κ3) is 2.85. The highest BCUT2D eigenvalue weighted by atomic mass is 16.4. The van der Waals surface area contributed by atoms with Gasteiger partial charge in [0.1, 0.15) is 11.4 Å². The van der Waals surface area contributed by atoms with E-state index in [1.165, 1.54) is 0 Å². The molecule has 0 saturated heterocycles. The molecule has 0 spiro atoms. The van der Waals surface area contributed by atoms with E-state index in [0.717, 1.165) is 25.0 Å². The summed E-state index contributed by atoms with van der Waals surface area (Å²) in [6.07, 6.45) is 6.18. The molecule has 0 bridgehead atoms. The maximum absolute atomic E-state index is 11.5. The van der Waals surface area contributed by atoms with E-state index in [-0.39, 0.29) is 0 Å². The van der Waals surface area contributed by atoms with Crippen LogP contribution in [0.2, 0.25) is 0 Å². The molecule has 5 nitrogen and oxygen atoms in total. The highest BCUT2D eigenvalue weighted by Gasteiger charge is 2.38. The number of aliphatic carboxylic acids is 1. The predicted octanol–water partition coefficient (Wildman–Crippen LogP) is 1.66. The Morgan fingerprint density at radius 2 is 2.17 bits per heavy atom. The number of nitrogens with zero attached hydrogens (tertiary/aromatic N) is 2. The molecule has 1 heterocycles. The molecule has 18 heavy (non-hydrogen) atoms. The number of carboxylic acids is 1. The zero-order chi connectivity index (χ0) is 13.0. The van der Waals surface area contributed by atoms with Gasteiger partial charge in [0, 0.05) is 12.7 Å². The first-order valence-corrected chi connectivity index (χ1v) is 6.39. The molecular weight excluding hydrogens is 230 g/mol. The van der Waals surface area contributed by atoms with E-state index >= 15 is 0 Å². The van der Waals surface area contributed by atoms with Crippen LogP contribution in [0, 0.1) is 6.92 Å². The molecule has 0 radical (unpaired) electrons. The fourth-order valence-corrected chi connectivity index (χ4v) is 2.48. The molecule has 0 aliphatic heterocycles. The molecule has 0 atom stereocenters. The van der Waals surface area contributed by atoms with Gasteiger partial charge in [-0.25, -0.2) is 9.97 Å². The average molecular weight is 249 g/mol. The molecule has 1 aromatic rings. The van der Waals surface area contributed by atoms with Gasteiger partial charge in [-0.05, 0) is 25.8 Å². The summed E-state index contributed by atoms with van der Waals surface area (Å²) < 4.78 is 0. The van der Waals surface area contributed by atoms with E-state index < -0.39 is 11.5 Å². The molecule has 0 amide bonds. The molecule has 98 valence electrons. The van der Waals surface area contributed by atoms with Crippen molar-refractivity contribution in [3.63, 3.8) is 0 Å². The second-order valence-electron chi connectivity index (χ2n) is 4.90. The highest BCUT2D eigenvalue weighted by molar-refractivity contribution is 5.78. The maximum atomic E-state index is 11.5. The molecule has 1 saturated carbocycles. The Labute approximate surface area is 107 Å². The minimum atomic E-state index is -0.767. The van der Waals surface area contributed by atoms with Gasteiger partial charge in [0.05, 0.1) is 5.69 Å². The first-order chi connectivity index (χ1) is 8.62. The normalized spacial score (nSPS) is 18.5. The van der Waals surface area contributed by atoms with E-state index in [1.807, 2.05) is 13.0 Å². The minimum Gasteiger partial charge on any atom is -0.480 e. The Morgan fingerprint density at radius 1 is 1.44 bits per heavy atom. The zero-order valence-electron chi connectivity index (χ0n) is 10.6. The van der Waals surface area contributed by atoms with Crippen molar-refractivity contribution in [3.8, 4) is 0 Å². The first kappa shape index (κ1) is 13.0. The van der Waals surface area contributed by atoms with Crippen molar-refractivity contribution in [2.45, 2.75) is 51.1 Å². The van der Waals surface area contributed by atoms with Crippen molar-refractivity contribution in [1.29, 1.82) is 0 Å². The monoisotopic (exact) mass is 249 g/mol. The average Bonchev–Trinajstić information content (AvgIpc) is 2.37. The van der Waals surface area contributed by atoms with Gasteiger partial charge in [0.2, 0.25) is 0 Å². The van der Waals surface area contributed by atoms with Gasteiger partial charge in [-0.3, -0.25) is 10.1 Å². The van der Waals surface area contributed by atoms with Crippen LogP contribution in [-0.4, -0.2) is 26.6 Å². The SMILES string of the molecule is Cc1nccc(CNC2(C(=O)O)CCCCC2)n1. The zero-order valence-corrected chi connectivity index (χ0v) is 10.6. The van der Waals surface area contributed by atoms with Crippen LogP contribution in [0.25, 0.3) is 0 Å².